The Hall–Kier alpha value is -1.96. The molecule has 0 radical (unpaired) electrons. The Kier molecular flexibility index (Phi) is 3.64. The minimum Gasteiger partial charge on any atom is -0.344 e. The summed E-state index contributed by atoms with van der Waals surface area (Å²) in [6.45, 7) is 3.91. The lowest BCUT2D eigenvalue weighted by Crippen LogP contribution is -2.15. The third-order valence-electron chi connectivity index (χ3n) is 4.14. The molecule has 22 heavy (non-hydrogen) atoms. The van der Waals surface area contributed by atoms with E-state index in [1.807, 2.05) is 24.5 Å². The number of ketones is 1. The number of carbonyl (C=O) groups excluding carboxylic acids is 1. The monoisotopic (exact) mass is 322 g/mol. The normalized spacial score (nSPS) is 20.4. The van der Waals surface area contributed by atoms with Gasteiger partial charge in [0.1, 0.15) is 6.54 Å². The standard InChI is InChI=1S/C14H18N4O3S/c1-10-7-13(14(19)8-17-5-4-15-16-17)11(2)18(10)12-3-6-22(20,21)9-12/h4-5,7,12H,3,6,8-9H2,1-2H3. The third kappa shape index (κ3) is 2.70. The molecule has 1 fully saturated rings. The molecular weight excluding hydrogens is 304 g/mol. The van der Waals surface area contributed by atoms with Crippen molar-refractivity contribution in [3.05, 3.63) is 35.4 Å². The van der Waals surface area contributed by atoms with Crippen molar-refractivity contribution in [1.29, 1.82) is 0 Å². The number of rotatable bonds is 4. The molecule has 0 spiro atoms. The molecule has 3 heterocycles. The van der Waals surface area contributed by atoms with Crippen LogP contribution in [0.25, 0.3) is 0 Å². The van der Waals surface area contributed by atoms with E-state index in [-0.39, 0.29) is 29.9 Å². The molecule has 0 amide bonds. The fraction of sp³-hybridized carbons (Fsp3) is 0.500. The summed E-state index contributed by atoms with van der Waals surface area (Å²) in [6.07, 6.45) is 3.77. The van der Waals surface area contributed by atoms with Gasteiger partial charge in [-0.25, -0.2) is 13.1 Å². The molecule has 2 aromatic heterocycles. The van der Waals surface area contributed by atoms with Crippen LogP contribution >= 0.6 is 0 Å². The van der Waals surface area contributed by atoms with Crippen LogP contribution in [0.1, 0.15) is 34.2 Å². The Labute approximate surface area is 128 Å². The average Bonchev–Trinajstić information content (AvgIpc) is 3.11. The van der Waals surface area contributed by atoms with Crippen molar-refractivity contribution in [3.8, 4) is 0 Å². The van der Waals surface area contributed by atoms with Crippen molar-refractivity contribution in [2.75, 3.05) is 11.5 Å². The van der Waals surface area contributed by atoms with E-state index in [4.69, 9.17) is 0 Å². The number of hydrogen-bond acceptors (Lipinski definition) is 5. The van der Waals surface area contributed by atoms with Crippen LogP contribution in [-0.2, 0) is 16.4 Å². The molecule has 0 aromatic carbocycles. The maximum atomic E-state index is 12.4. The van der Waals surface area contributed by atoms with Crippen LogP contribution in [0.15, 0.2) is 18.5 Å². The van der Waals surface area contributed by atoms with E-state index < -0.39 is 9.84 Å². The summed E-state index contributed by atoms with van der Waals surface area (Å²) in [5.74, 6) is 0.322. The molecule has 7 nitrogen and oxygen atoms in total. The highest BCUT2D eigenvalue weighted by molar-refractivity contribution is 7.91. The van der Waals surface area contributed by atoms with Gasteiger partial charge < -0.3 is 4.57 Å². The van der Waals surface area contributed by atoms with Gasteiger partial charge in [-0.1, -0.05) is 5.21 Å². The lowest BCUT2D eigenvalue weighted by Gasteiger charge is -2.16. The summed E-state index contributed by atoms with van der Waals surface area (Å²) in [7, 11) is -2.96. The van der Waals surface area contributed by atoms with Crippen LogP contribution in [0, 0.1) is 13.8 Å². The molecule has 118 valence electrons. The molecule has 1 unspecified atom stereocenters. The van der Waals surface area contributed by atoms with Gasteiger partial charge in [0.2, 0.25) is 0 Å². The van der Waals surface area contributed by atoms with E-state index >= 15 is 0 Å². The van der Waals surface area contributed by atoms with Gasteiger partial charge in [0, 0.05) is 29.2 Å². The molecule has 0 bridgehead atoms. The van der Waals surface area contributed by atoms with Crippen LogP contribution in [-0.4, -0.2) is 45.3 Å². The number of aromatic nitrogens is 4. The fourth-order valence-corrected chi connectivity index (χ4v) is 4.85. The van der Waals surface area contributed by atoms with E-state index in [1.54, 1.807) is 6.20 Å². The number of aryl methyl sites for hydroxylation is 1. The van der Waals surface area contributed by atoms with Crippen molar-refractivity contribution in [1.82, 2.24) is 19.6 Å². The zero-order valence-electron chi connectivity index (χ0n) is 12.6. The van der Waals surface area contributed by atoms with E-state index in [1.165, 1.54) is 10.9 Å². The van der Waals surface area contributed by atoms with E-state index in [9.17, 15) is 13.2 Å². The molecule has 3 rings (SSSR count). The van der Waals surface area contributed by atoms with Crippen LogP contribution in [0.3, 0.4) is 0 Å². The zero-order valence-corrected chi connectivity index (χ0v) is 13.4. The first kappa shape index (κ1) is 15.0. The lowest BCUT2D eigenvalue weighted by molar-refractivity contribution is 0.0966. The van der Waals surface area contributed by atoms with Gasteiger partial charge >= 0.3 is 0 Å². The topological polar surface area (TPSA) is 86.8 Å². The predicted octanol–water partition coefficient (Wildman–Crippen LogP) is 0.939. The number of hydrogen-bond donors (Lipinski definition) is 0. The first-order valence-electron chi connectivity index (χ1n) is 7.13. The summed E-state index contributed by atoms with van der Waals surface area (Å²) in [4.78, 5) is 12.4. The Morgan fingerprint density at radius 2 is 2.18 bits per heavy atom. The molecule has 0 saturated carbocycles. The Morgan fingerprint density at radius 1 is 1.41 bits per heavy atom. The summed E-state index contributed by atoms with van der Waals surface area (Å²) in [5, 5.41) is 7.48. The van der Waals surface area contributed by atoms with Gasteiger partial charge in [-0.05, 0) is 26.3 Å². The second-order valence-corrected chi connectivity index (χ2v) is 7.96. The molecular formula is C14H18N4O3S. The van der Waals surface area contributed by atoms with Crippen molar-refractivity contribution in [2.45, 2.75) is 32.9 Å². The SMILES string of the molecule is Cc1cc(C(=O)Cn2ccnn2)c(C)n1C1CCS(=O)(=O)C1. The molecule has 8 heteroatoms. The number of sulfone groups is 1. The van der Waals surface area contributed by atoms with Crippen molar-refractivity contribution >= 4 is 15.6 Å². The molecule has 1 aliphatic heterocycles. The Balaban J connectivity index is 1.88. The van der Waals surface area contributed by atoms with Crippen molar-refractivity contribution in [3.63, 3.8) is 0 Å². The lowest BCUT2D eigenvalue weighted by atomic mass is 10.1. The molecule has 1 aliphatic rings. The maximum absolute atomic E-state index is 12.4. The maximum Gasteiger partial charge on any atom is 0.186 e. The van der Waals surface area contributed by atoms with Gasteiger partial charge in [-0.2, -0.15) is 0 Å². The Bertz CT molecular complexity index is 806. The molecule has 2 aromatic rings. The highest BCUT2D eigenvalue weighted by atomic mass is 32.2. The van der Waals surface area contributed by atoms with Gasteiger partial charge in [0.05, 0.1) is 17.7 Å². The van der Waals surface area contributed by atoms with Crippen LogP contribution < -0.4 is 0 Å². The smallest absolute Gasteiger partial charge is 0.186 e. The summed E-state index contributed by atoms with van der Waals surface area (Å²) in [6, 6.07) is 1.76. The van der Waals surface area contributed by atoms with Crippen LogP contribution in [0.5, 0.6) is 0 Å². The molecule has 1 atom stereocenters. The van der Waals surface area contributed by atoms with Gasteiger partial charge in [0.15, 0.2) is 15.6 Å². The van der Waals surface area contributed by atoms with E-state index in [0.717, 1.165) is 11.4 Å². The average molecular weight is 322 g/mol. The fourth-order valence-electron chi connectivity index (χ4n) is 3.15. The minimum atomic E-state index is -2.96. The molecule has 0 aliphatic carbocycles. The van der Waals surface area contributed by atoms with Crippen LogP contribution in [0.4, 0.5) is 0 Å². The van der Waals surface area contributed by atoms with E-state index in [0.29, 0.717) is 12.0 Å². The summed E-state index contributed by atoms with van der Waals surface area (Å²) in [5.41, 5.74) is 2.36. The Morgan fingerprint density at radius 3 is 2.77 bits per heavy atom. The van der Waals surface area contributed by atoms with Crippen molar-refractivity contribution in [2.24, 2.45) is 0 Å². The van der Waals surface area contributed by atoms with Crippen molar-refractivity contribution < 1.29 is 13.2 Å². The zero-order chi connectivity index (χ0) is 15.9. The van der Waals surface area contributed by atoms with E-state index in [2.05, 4.69) is 10.3 Å². The quantitative estimate of drug-likeness (QED) is 0.782. The highest BCUT2D eigenvalue weighted by Crippen LogP contribution is 2.29. The second-order valence-electron chi connectivity index (χ2n) is 5.74. The third-order valence-corrected chi connectivity index (χ3v) is 5.89. The molecule has 0 N–H and O–H groups in total. The first-order chi connectivity index (χ1) is 10.4. The summed E-state index contributed by atoms with van der Waals surface area (Å²) >= 11 is 0. The summed E-state index contributed by atoms with van der Waals surface area (Å²) < 4.78 is 26.8. The van der Waals surface area contributed by atoms with Gasteiger partial charge in [-0.15, -0.1) is 5.10 Å². The number of carbonyl (C=O) groups is 1. The molecule has 1 saturated heterocycles. The van der Waals surface area contributed by atoms with Crippen LogP contribution in [0.2, 0.25) is 0 Å². The number of nitrogens with zero attached hydrogens (tertiary/aromatic N) is 4. The first-order valence-corrected chi connectivity index (χ1v) is 8.95. The highest BCUT2D eigenvalue weighted by Gasteiger charge is 2.31. The van der Waals surface area contributed by atoms with Gasteiger partial charge in [-0.3, -0.25) is 4.79 Å². The minimum absolute atomic E-state index is 0.0503. The number of Topliss-reactive ketones (excluding diaryl/α,β-unsaturated/α-hetero) is 1. The largest absolute Gasteiger partial charge is 0.344 e. The predicted molar refractivity (Wildman–Crippen MR) is 80.6 cm³/mol. The van der Waals surface area contributed by atoms with Gasteiger partial charge in [0.25, 0.3) is 0 Å². The second kappa shape index (κ2) is 5.35.